The number of nitrogens with zero attached hydrogens (tertiary/aromatic N) is 2. The maximum absolute atomic E-state index is 5.51. The summed E-state index contributed by atoms with van der Waals surface area (Å²) in [4.78, 5) is 8.39. The maximum Gasteiger partial charge on any atom is 4.00 e. The fourth-order valence-electron chi connectivity index (χ4n) is 6.17. The van der Waals surface area contributed by atoms with Crippen LogP contribution in [0.1, 0.15) is 72.6 Å². The number of fused-ring (bicyclic) bond motifs is 1. The van der Waals surface area contributed by atoms with Gasteiger partial charge < -0.3 is 32.2 Å². The average molecular weight is 429 g/mol. The van der Waals surface area contributed by atoms with E-state index in [0.717, 1.165) is 23.4 Å². The van der Waals surface area contributed by atoms with Crippen molar-refractivity contribution in [2.45, 2.75) is 102 Å². The van der Waals surface area contributed by atoms with Crippen LogP contribution in [0.25, 0.3) is 4.98 Å². The third-order valence-electron chi connectivity index (χ3n) is 7.10. The van der Waals surface area contributed by atoms with E-state index in [9.17, 15) is 0 Å². The summed E-state index contributed by atoms with van der Waals surface area (Å²) in [5.41, 5.74) is 1.09. The fraction of sp³-hybridized carbons (Fsp3) is 0.870. The average Bonchev–Trinajstić information content (AvgIpc) is 3.12. The summed E-state index contributed by atoms with van der Waals surface area (Å²) in [6, 6.07) is 2.24. The van der Waals surface area contributed by atoms with Crippen molar-refractivity contribution in [1.29, 1.82) is 0 Å². The van der Waals surface area contributed by atoms with Crippen molar-refractivity contribution in [3.63, 3.8) is 0 Å². The van der Waals surface area contributed by atoms with Gasteiger partial charge in [0.05, 0.1) is 0 Å². The van der Waals surface area contributed by atoms with E-state index in [1.807, 2.05) is 0 Å². The van der Waals surface area contributed by atoms with Crippen LogP contribution in [0.5, 0.6) is 0 Å². The second-order valence-corrected chi connectivity index (χ2v) is 14.1. The van der Waals surface area contributed by atoms with E-state index in [0.29, 0.717) is 0 Å². The first-order valence-electron chi connectivity index (χ1n) is 10.3. The first-order chi connectivity index (χ1) is 10.8. The monoisotopic (exact) mass is 428 g/mol. The van der Waals surface area contributed by atoms with Gasteiger partial charge in [-0.3, -0.25) is 0 Å². The second kappa shape index (κ2) is 11.9. The third-order valence-corrected chi connectivity index (χ3v) is 12.0. The molecule has 27 heavy (non-hydrogen) atoms. The molecule has 0 aromatic heterocycles. The molecule has 1 saturated heterocycles. The van der Waals surface area contributed by atoms with Crippen molar-refractivity contribution in [1.82, 2.24) is 4.90 Å². The molecule has 0 N–H and O–H groups in total. The molecule has 3 fully saturated rings. The van der Waals surface area contributed by atoms with Crippen LogP contribution in [0.2, 0.25) is 18.1 Å². The SMILES string of the molecule is CC[Si@](C)([N-]C(C)(C)C)C1CC(N2CCCC2)C2CCCCC21.[CH3-].[CH3-].[CH3-].[Ti+4]. The largest absolute Gasteiger partial charge is 4.00 e. The molecule has 3 aliphatic rings. The smallest absolute Gasteiger partial charge is 0.659 e. The van der Waals surface area contributed by atoms with E-state index >= 15 is 0 Å². The summed E-state index contributed by atoms with van der Waals surface area (Å²) >= 11 is 0. The molecule has 2 aliphatic carbocycles. The molecule has 1 aliphatic heterocycles. The molecule has 158 valence electrons. The number of likely N-dealkylation sites (tertiary alicyclic amines) is 1. The standard InChI is InChI=1S/C20H39N2Si.3CH3.Ti/c1-6-23(5,21-20(2,3)4)19-15-18(22-13-9-10-14-22)16-11-7-8-12-17(16)19;;;;/h16-19H,6-15H2,1-5H3;3*1H3;/q4*-1;+4/t16?,17?,18?,19?,23-;;;;/m0..../s1. The zero-order valence-electron chi connectivity index (χ0n) is 19.8. The van der Waals surface area contributed by atoms with Gasteiger partial charge in [0.2, 0.25) is 0 Å². The molecule has 0 spiro atoms. The second-order valence-electron chi connectivity index (χ2n) is 9.76. The van der Waals surface area contributed by atoms with Crippen LogP contribution in [0.4, 0.5) is 0 Å². The number of hydrogen-bond donors (Lipinski definition) is 0. The van der Waals surface area contributed by atoms with Crippen LogP contribution in [-0.2, 0) is 21.7 Å². The van der Waals surface area contributed by atoms with Crippen molar-refractivity contribution in [3.8, 4) is 0 Å². The van der Waals surface area contributed by atoms with Crippen LogP contribution in [0.15, 0.2) is 0 Å². The minimum atomic E-state index is -1.53. The van der Waals surface area contributed by atoms with E-state index < -0.39 is 8.24 Å². The Kier molecular flexibility index (Phi) is 13.2. The molecule has 5 atom stereocenters. The van der Waals surface area contributed by atoms with E-state index in [1.54, 1.807) is 0 Å². The van der Waals surface area contributed by atoms with Crippen molar-refractivity contribution >= 4 is 8.24 Å². The summed E-state index contributed by atoms with van der Waals surface area (Å²) in [6.45, 7) is 14.8. The van der Waals surface area contributed by atoms with Crippen molar-refractivity contribution in [2.24, 2.45) is 11.8 Å². The molecule has 0 amide bonds. The van der Waals surface area contributed by atoms with Gasteiger partial charge in [0, 0.05) is 6.04 Å². The van der Waals surface area contributed by atoms with E-state index in [-0.39, 0.29) is 49.5 Å². The van der Waals surface area contributed by atoms with Crippen LogP contribution < -0.4 is 0 Å². The molecule has 0 bridgehead atoms. The summed E-state index contributed by atoms with van der Waals surface area (Å²) in [5, 5.41) is 0. The minimum absolute atomic E-state index is 0. The van der Waals surface area contributed by atoms with E-state index in [4.69, 9.17) is 4.98 Å². The Hall–Kier alpha value is 0.851. The normalized spacial score (nSPS) is 32.8. The summed E-state index contributed by atoms with van der Waals surface area (Å²) in [5.74, 6) is 2.00. The van der Waals surface area contributed by atoms with Gasteiger partial charge in [-0.15, -0.1) is 5.54 Å². The predicted molar refractivity (Wildman–Crippen MR) is 123 cm³/mol. The van der Waals surface area contributed by atoms with Gasteiger partial charge in [-0.1, -0.05) is 73.3 Å². The molecule has 1 heterocycles. The van der Waals surface area contributed by atoms with E-state index in [2.05, 4.69) is 39.1 Å². The van der Waals surface area contributed by atoms with Crippen LogP contribution in [0, 0.1) is 34.1 Å². The van der Waals surface area contributed by atoms with Gasteiger partial charge in [-0.2, -0.15) is 0 Å². The molecule has 3 rings (SSSR count). The Bertz CT molecular complexity index is 406. The zero-order chi connectivity index (χ0) is 16.7. The molecule has 4 unspecified atom stereocenters. The fourth-order valence-corrected chi connectivity index (χ4v) is 10.6. The summed E-state index contributed by atoms with van der Waals surface area (Å²) < 4.78 is 0. The number of hydrogen-bond acceptors (Lipinski definition) is 1. The van der Waals surface area contributed by atoms with Gasteiger partial charge in [0.1, 0.15) is 0 Å². The van der Waals surface area contributed by atoms with Gasteiger partial charge in [-0.25, -0.2) is 0 Å². The van der Waals surface area contributed by atoms with Crippen LogP contribution in [0.3, 0.4) is 0 Å². The van der Waals surface area contributed by atoms with Crippen molar-refractivity contribution in [3.05, 3.63) is 27.3 Å². The first-order valence-corrected chi connectivity index (χ1v) is 13.1. The molecule has 0 aromatic rings. The Balaban J connectivity index is 0. The Morgan fingerprint density at radius 1 is 0.926 bits per heavy atom. The maximum atomic E-state index is 5.51. The van der Waals surface area contributed by atoms with Crippen LogP contribution >= 0.6 is 0 Å². The Morgan fingerprint density at radius 3 is 1.93 bits per heavy atom. The molecular formula is C23H48N2SiTi. The molecule has 2 nitrogen and oxygen atoms in total. The van der Waals surface area contributed by atoms with Crippen molar-refractivity contribution < 1.29 is 21.7 Å². The van der Waals surface area contributed by atoms with Gasteiger partial charge in [0.25, 0.3) is 0 Å². The topological polar surface area (TPSA) is 17.3 Å². The first kappa shape index (κ1) is 30.0. The number of rotatable bonds is 4. The molecule has 4 heteroatoms. The van der Waals surface area contributed by atoms with Crippen LogP contribution in [-0.4, -0.2) is 37.8 Å². The zero-order valence-corrected chi connectivity index (χ0v) is 22.3. The molecule has 0 aromatic carbocycles. The predicted octanol–water partition coefficient (Wildman–Crippen LogP) is 7.15. The Labute approximate surface area is 189 Å². The third kappa shape index (κ3) is 6.67. The van der Waals surface area contributed by atoms with Crippen molar-refractivity contribution in [2.75, 3.05) is 13.1 Å². The summed E-state index contributed by atoms with van der Waals surface area (Å²) in [7, 11) is -1.53. The van der Waals surface area contributed by atoms with Gasteiger partial charge in [-0.05, 0) is 50.6 Å². The molecule has 2 saturated carbocycles. The summed E-state index contributed by atoms with van der Waals surface area (Å²) in [6.07, 6.45) is 10.3. The Morgan fingerprint density at radius 2 is 1.44 bits per heavy atom. The van der Waals surface area contributed by atoms with Gasteiger partial charge in [0.15, 0.2) is 0 Å². The van der Waals surface area contributed by atoms with E-state index in [1.165, 1.54) is 64.1 Å². The minimum Gasteiger partial charge on any atom is -0.659 e. The molecule has 0 radical (unpaired) electrons. The molecular weight excluding hydrogens is 380 g/mol. The van der Waals surface area contributed by atoms with Gasteiger partial charge >= 0.3 is 21.7 Å². The quantitative estimate of drug-likeness (QED) is 0.343.